The van der Waals surface area contributed by atoms with Gasteiger partial charge in [0, 0.05) is 23.5 Å². The summed E-state index contributed by atoms with van der Waals surface area (Å²) in [6.45, 7) is 0. The predicted molar refractivity (Wildman–Crippen MR) is 54.0 cm³/mol. The number of hydrogen-bond donors (Lipinski definition) is 0. The standard InChI is InChI=1S/C10H11FO2S/c1-14(13)7-10(12)6-8-2-4-9(11)5-3-8/h2-5H,6-7H2,1H3. The first-order valence-electron chi connectivity index (χ1n) is 4.14. The van der Waals surface area contributed by atoms with Crippen LogP contribution in [0, 0.1) is 5.82 Å². The van der Waals surface area contributed by atoms with Gasteiger partial charge in [-0.1, -0.05) is 12.1 Å². The van der Waals surface area contributed by atoms with Crippen LogP contribution in [0.2, 0.25) is 0 Å². The van der Waals surface area contributed by atoms with Gasteiger partial charge in [0.1, 0.15) is 11.6 Å². The van der Waals surface area contributed by atoms with E-state index in [2.05, 4.69) is 0 Å². The number of Topliss-reactive ketones (excluding diaryl/α,β-unsaturated/α-hetero) is 1. The van der Waals surface area contributed by atoms with Crippen molar-refractivity contribution < 1.29 is 13.4 Å². The van der Waals surface area contributed by atoms with Crippen molar-refractivity contribution in [3.63, 3.8) is 0 Å². The van der Waals surface area contributed by atoms with Gasteiger partial charge in [-0.15, -0.1) is 0 Å². The highest BCUT2D eigenvalue weighted by Crippen LogP contribution is 2.04. The maximum atomic E-state index is 12.5. The maximum absolute atomic E-state index is 12.5. The van der Waals surface area contributed by atoms with Crippen molar-refractivity contribution in [2.75, 3.05) is 12.0 Å². The lowest BCUT2D eigenvalue weighted by Gasteiger charge is -1.99. The normalized spacial score (nSPS) is 12.4. The fourth-order valence-corrected chi connectivity index (χ4v) is 1.66. The molecule has 1 aromatic carbocycles. The number of ketones is 1. The van der Waals surface area contributed by atoms with Crippen molar-refractivity contribution in [1.82, 2.24) is 0 Å². The number of carbonyl (C=O) groups excluding carboxylic acids is 1. The minimum atomic E-state index is -1.10. The van der Waals surface area contributed by atoms with Gasteiger partial charge in [-0.2, -0.15) is 0 Å². The third-order valence-corrected chi connectivity index (χ3v) is 2.41. The molecule has 1 atom stereocenters. The van der Waals surface area contributed by atoms with Crippen LogP contribution in [-0.4, -0.2) is 22.0 Å². The molecule has 0 aliphatic carbocycles. The van der Waals surface area contributed by atoms with Gasteiger partial charge >= 0.3 is 0 Å². The summed E-state index contributed by atoms with van der Waals surface area (Å²) < 4.78 is 23.2. The van der Waals surface area contributed by atoms with Gasteiger partial charge in [-0.25, -0.2) is 4.39 Å². The van der Waals surface area contributed by atoms with Crippen molar-refractivity contribution in [2.24, 2.45) is 0 Å². The molecule has 0 heterocycles. The lowest BCUT2D eigenvalue weighted by molar-refractivity contribution is -0.116. The molecule has 0 saturated carbocycles. The van der Waals surface area contributed by atoms with Crippen LogP contribution < -0.4 is 0 Å². The van der Waals surface area contributed by atoms with Crippen LogP contribution in [0.25, 0.3) is 0 Å². The van der Waals surface area contributed by atoms with Gasteiger partial charge in [0.15, 0.2) is 0 Å². The van der Waals surface area contributed by atoms with Crippen molar-refractivity contribution in [3.8, 4) is 0 Å². The minimum absolute atomic E-state index is 0.0668. The molecule has 1 aromatic rings. The number of benzene rings is 1. The zero-order chi connectivity index (χ0) is 10.6. The maximum Gasteiger partial charge on any atom is 0.149 e. The summed E-state index contributed by atoms with van der Waals surface area (Å²) in [5.41, 5.74) is 0.752. The van der Waals surface area contributed by atoms with Crippen LogP contribution in [-0.2, 0) is 22.0 Å². The average Bonchev–Trinajstić information content (AvgIpc) is 2.07. The molecule has 0 N–H and O–H groups in total. The molecule has 0 radical (unpaired) electrons. The fraction of sp³-hybridized carbons (Fsp3) is 0.300. The van der Waals surface area contributed by atoms with Crippen LogP contribution in [0.4, 0.5) is 4.39 Å². The molecule has 1 rings (SSSR count). The monoisotopic (exact) mass is 214 g/mol. The number of rotatable bonds is 4. The second-order valence-corrected chi connectivity index (χ2v) is 4.49. The summed E-state index contributed by atoms with van der Waals surface area (Å²) in [4.78, 5) is 11.2. The van der Waals surface area contributed by atoms with E-state index in [4.69, 9.17) is 0 Å². The summed E-state index contributed by atoms with van der Waals surface area (Å²) in [5.74, 6) is -0.338. The first-order chi connectivity index (χ1) is 6.58. The van der Waals surface area contributed by atoms with Gasteiger partial charge in [0.25, 0.3) is 0 Å². The zero-order valence-electron chi connectivity index (χ0n) is 7.83. The Labute approximate surface area is 84.6 Å². The predicted octanol–water partition coefficient (Wildman–Crippen LogP) is 1.32. The Bertz CT molecular complexity index is 346. The second kappa shape index (κ2) is 5.00. The van der Waals surface area contributed by atoms with Crippen molar-refractivity contribution >= 4 is 16.6 Å². The highest BCUT2D eigenvalue weighted by atomic mass is 32.2. The van der Waals surface area contributed by atoms with Crippen LogP contribution >= 0.6 is 0 Å². The van der Waals surface area contributed by atoms with E-state index < -0.39 is 10.8 Å². The first-order valence-corrected chi connectivity index (χ1v) is 5.87. The van der Waals surface area contributed by atoms with E-state index >= 15 is 0 Å². The van der Waals surface area contributed by atoms with Gasteiger partial charge in [0.2, 0.25) is 0 Å². The minimum Gasteiger partial charge on any atom is -0.298 e. The van der Waals surface area contributed by atoms with Gasteiger partial charge in [0.05, 0.1) is 5.75 Å². The van der Waals surface area contributed by atoms with Gasteiger partial charge in [-0.3, -0.25) is 9.00 Å². The third-order valence-electron chi connectivity index (χ3n) is 1.68. The molecular weight excluding hydrogens is 203 g/mol. The number of hydrogen-bond acceptors (Lipinski definition) is 2. The first kappa shape index (κ1) is 11.0. The Morgan fingerprint density at radius 2 is 1.93 bits per heavy atom. The van der Waals surface area contributed by atoms with Crippen molar-refractivity contribution in [1.29, 1.82) is 0 Å². The quantitative estimate of drug-likeness (QED) is 0.757. The molecule has 76 valence electrons. The van der Waals surface area contributed by atoms with E-state index in [1.807, 2.05) is 0 Å². The van der Waals surface area contributed by atoms with E-state index in [1.54, 1.807) is 12.1 Å². The SMILES string of the molecule is CS(=O)CC(=O)Cc1ccc(F)cc1. The Hall–Kier alpha value is -1.03. The molecule has 4 heteroatoms. The average molecular weight is 214 g/mol. The van der Waals surface area contributed by atoms with Crippen molar-refractivity contribution in [3.05, 3.63) is 35.6 Å². The van der Waals surface area contributed by atoms with E-state index in [1.165, 1.54) is 18.4 Å². The van der Waals surface area contributed by atoms with E-state index in [0.717, 1.165) is 5.56 Å². The lowest BCUT2D eigenvalue weighted by atomic mass is 10.1. The van der Waals surface area contributed by atoms with Crippen molar-refractivity contribution in [2.45, 2.75) is 6.42 Å². The van der Waals surface area contributed by atoms with E-state index in [-0.39, 0.29) is 23.8 Å². The Morgan fingerprint density at radius 3 is 2.43 bits per heavy atom. The third kappa shape index (κ3) is 3.79. The molecule has 0 bridgehead atoms. The molecule has 0 amide bonds. The van der Waals surface area contributed by atoms with E-state index in [9.17, 15) is 13.4 Å². The molecule has 0 saturated heterocycles. The smallest absolute Gasteiger partial charge is 0.149 e. The van der Waals surface area contributed by atoms with Gasteiger partial charge in [-0.05, 0) is 17.7 Å². The molecule has 0 fully saturated rings. The molecule has 0 aliphatic rings. The summed E-state index contributed by atoms with van der Waals surface area (Å²) >= 11 is 0. The second-order valence-electron chi connectivity index (χ2n) is 3.06. The summed E-state index contributed by atoms with van der Waals surface area (Å²) in [6.07, 6.45) is 1.71. The van der Waals surface area contributed by atoms with Crippen LogP contribution in [0.15, 0.2) is 24.3 Å². The molecular formula is C10H11FO2S. The van der Waals surface area contributed by atoms with E-state index in [0.29, 0.717) is 0 Å². The fourth-order valence-electron chi connectivity index (χ4n) is 1.11. The molecule has 0 aromatic heterocycles. The number of halogens is 1. The number of carbonyl (C=O) groups is 1. The summed E-state index contributed by atoms with van der Waals surface area (Å²) in [6, 6.07) is 5.74. The Balaban J connectivity index is 2.56. The van der Waals surface area contributed by atoms with Crippen LogP contribution in [0.1, 0.15) is 5.56 Å². The topological polar surface area (TPSA) is 34.1 Å². The highest BCUT2D eigenvalue weighted by Gasteiger charge is 2.05. The molecule has 0 aliphatic heterocycles. The molecule has 2 nitrogen and oxygen atoms in total. The van der Waals surface area contributed by atoms with Crippen LogP contribution in [0.3, 0.4) is 0 Å². The molecule has 14 heavy (non-hydrogen) atoms. The largest absolute Gasteiger partial charge is 0.298 e. The van der Waals surface area contributed by atoms with Gasteiger partial charge < -0.3 is 0 Å². The van der Waals surface area contributed by atoms with Crippen LogP contribution in [0.5, 0.6) is 0 Å². The Kier molecular flexibility index (Phi) is 3.95. The lowest BCUT2D eigenvalue weighted by Crippen LogP contribution is -2.11. The zero-order valence-corrected chi connectivity index (χ0v) is 8.64. The Morgan fingerprint density at radius 1 is 1.36 bits per heavy atom. The summed E-state index contributed by atoms with van der Waals surface area (Å²) in [5, 5.41) is 0. The molecule has 1 unspecified atom stereocenters. The highest BCUT2D eigenvalue weighted by molar-refractivity contribution is 7.85. The molecule has 0 spiro atoms. The summed E-state index contributed by atoms with van der Waals surface area (Å²) in [7, 11) is -1.10.